The van der Waals surface area contributed by atoms with Crippen LogP contribution in [0.25, 0.3) is 0 Å². The van der Waals surface area contributed by atoms with E-state index in [1.807, 2.05) is 24.3 Å². The van der Waals surface area contributed by atoms with Crippen molar-refractivity contribution in [2.24, 2.45) is 0 Å². The Hall–Kier alpha value is -2.05. The monoisotopic (exact) mass is 274 g/mol. The number of anilines is 1. The highest BCUT2D eigenvalue weighted by Crippen LogP contribution is 2.16. The maximum absolute atomic E-state index is 13.1. The zero-order valence-corrected chi connectivity index (χ0v) is 10.9. The minimum atomic E-state index is -0.339. The largest absolute Gasteiger partial charge is 0.381 e. The Morgan fingerprint density at radius 2 is 1.84 bits per heavy atom. The molecule has 0 amide bonds. The third-order valence-corrected chi connectivity index (χ3v) is 2.87. The first-order valence-electron chi connectivity index (χ1n) is 5.82. The maximum atomic E-state index is 13.1. The van der Waals surface area contributed by atoms with Crippen molar-refractivity contribution >= 4 is 17.3 Å². The first-order chi connectivity index (χ1) is 9.17. The van der Waals surface area contributed by atoms with Crippen molar-refractivity contribution in [2.75, 3.05) is 5.32 Å². The molecule has 96 valence electrons. The standard InChI is InChI=1S/C15H12ClFN2/c16-13-7-12(8-14(17)9-13)10-19-15-3-1-11(2-4-15)5-6-18/h1-4,7-9,19H,5,10H2. The molecule has 0 saturated heterocycles. The molecule has 0 aliphatic rings. The van der Waals surface area contributed by atoms with E-state index in [1.165, 1.54) is 12.1 Å². The predicted octanol–water partition coefficient (Wildman–Crippen LogP) is 4.16. The molecule has 0 heterocycles. The zero-order chi connectivity index (χ0) is 13.7. The summed E-state index contributed by atoms with van der Waals surface area (Å²) in [4.78, 5) is 0. The average Bonchev–Trinajstić information content (AvgIpc) is 2.37. The highest BCUT2D eigenvalue weighted by Gasteiger charge is 2.00. The van der Waals surface area contributed by atoms with Gasteiger partial charge in [-0.1, -0.05) is 23.7 Å². The van der Waals surface area contributed by atoms with Crippen LogP contribution in [0.15, 0.2) is 42.5 Å². The fourth-order valence-electron chi connectivity index (χ4n) is 1.75. The van der Waals surface area contributed by atoms with E-state index in [-0.39, 0.29) is 5.82 Å². The summed E-state index contributed by atoms with van der Waals surface area (Å²) in [5.41, 5.74) is 2.68. The van der Waals surface area contributed by atoms with Gasteiger partial charge in [0.25, 0.3) is 0 Å². The molecule has 2 rings (SSSR count). The van der Waals surface area contributed by atoms with Crippen molar-refractivity contribution in [2.45, 2.75) is 13.0 Å². The Labute approximate surface area is 116 Å². The lowest BCUT2D eigenvalue weighted by molar-refractivity contribution is 0.626. The van der Waals surface area contributed by atoms with Gasteiger partial charge in [-0.2, -0.15) is 5.26 Å². The Morgan fingerprint density at radius 1 is 1.11 bits per heavy atom. The minimum Gasteiger partial charge on any atom is -0.381 e. The van der Waals surface area contributed by atoms with Crippen LogP contribution in [-0.4, -0.2) is 0 Å². The highest BCUT2D eigenvalue weighted by molar-refractivity contribution is 6.30. The van der Waals surface area contributed by atoms with Crippen LogP contribution in [0.5, 0.6) is 0 Å². The first-order valence-corrected chi connectivity index (χ1v) is 6.20. The van der Waals surface area contributed by atoms with Crippen LogP contribution in [0.3, 0.4) is 0 Å². The average molecular weight is 275 g/mol. The Morgan fingerprint density at radius 3 is 2.47 bits per heavy atom. The maximum Gasteiger partial charge on any atom is 0.125 e. The van der Waals surface area contributed by atoms with Crippen LogP contribution in [0.2, 0.25) is 5.02 Å². The second-order valence-electron chi connectivity index (χ2n) is 4.16. The van der Waals surface area contributed by atoms with E-state index in [2.05, 4.69) is 11.4 Å². The first kappa shape index (κ1) is 13.4. The fourth-order valence-corrected chi connectivity index (χ4v) is 1.99. The van der Waals surface area contributed by atoms with Crippen LogP contribution in [0.4, 0.5) is 10.1 Å². The molecule has 4 heteroatoms. The number of nitrogens with zero attached hydrogens (tertiary/aromatic N) is 1. The van der Waals surface area contributed by atoms with Gasteiger partial charge < -0.3 is 5.32 Å². The van der Waals surface area contributed by atoms with E-state index in [0.717, 1.165) is 16.8 Å². The Balaban J connectivity index is 2.00. The summed E-state index contributed by atoms with van der Waals surface area (Å²) in [6.07, 6.45) is 0.403. The Kier molecular flexibility index (Phi) is 4.38. The summed E-state index contributed by atoms with van der Waals surface area (Å²) in [6.45, 7) is 0.495. The van der Waals surface area contributed by atoms with Crippen LogP contribution in [0.1, 0.15) is 11.1 Å². The zero-order valence-electron chi connectivity index (χ0n) is 10.2. The molecule has 2 nitrogen and oxygen atoms in total. The molecule has 0 spiro atoms. The third kappa shape index (κ3) is 3.97. The van der Waals surface area contributed by atoms with Gasteiger partial charge in [0.05, 0.1) is 12.5 Å². The molecule has 0 bridgehead atoms. The smallest absolute Gasteiger partial charge is 0.125 e. The highest BCUT2D eigenvalue weighted by atomic mass is 35.5. The van der Waals surface area contributed by atoms with E-state index in [1.54, 1.807) is 6.07 Å². The van der Waals surface area contributed by atoms with Gasteiger partial charge in [0.2, 0.25) is 0 Å². The van der Waals surface area contributed by atoms with E-state index < -0.39 is 0 Å². The van der Waals surface area contributed by atoms with Crippen LogP contribution >= 0.6 is 11.6 Å². The number of benzene rings is 2. The summed E-state index contributed by atoms with van der Waals surface area (Å²) in [6, 6.07) is 14.1. The molecular weight excluding hydrogens is 263 g/mol. The molecular formula is C15H12ClFN2. The quantitative estimate of drug-likeness (QED) is 0.909. The number of halogens is 2. The van der Waals surface area contributed by atoms with Crippen molar-refractivity contribution in [3.8, 4) is 6.07 Å². The molecule has 0 unspecified atom stereocenters. The molecule has 0 saturated carbocycles. The molecule has 0 fully saturated rings. The normalized spacial score (nSPS) is 9.95. The molecule has 0 atom stereocenters. The number of nitriles is 1. The molecule has 0 radical (unpaired) electrons. The summed E-state index contributed by atoms with van der Waals surface area (Å²) in [5.74, 6) is -0.339. The van der Waals surface area contributed by atoms with Gasteiger partial charge in [-0.3, -0.25) is 0 Å². The van der Waals surface area contributed by atoms with Gasteiger partial charge in [0.15, 0.2) is 0 Å². The van der Waals surface area contributed by atoms with Gasteiger partial charge in [0, 0.05) is 17.3 Å². The second kappa shape index (κ2) is 6.21. The van der Waals surface area contributed by atoms with Gasteiger partial charge in [0.1, 0.15) is 5.82 Å². The summed E-state index contributed by atoms with van der Waals surface area (Å²) in [5, 5.41) is 12.1. The molecule has 1 N–H and O–H groups in total. The number of rotatable bonds is 4. The number of hydrogen-bond acceptors (Lipinski definition) is 2. The molecule has 0 aliphatic heterocycles. The second-order valence-corrected chi connectivity index (χ2v) is 4.60. The lowest BCUT2D eigenvalue weighted by atomic mass is 10.1. The topological polar surface area (TPSA) is 35.8 Å². The van der Waals surface area contributed by atoms with Gasteiger partial charge >= 0.3 is 0 Å². The Bertz CT molecular complexity index is 582. The molecule has 2 aromatic carbocycles. The molecule has 0 aromatic heterocycles. The van der Waals surface area contributed by atoms with Crippen LogP contribution in [-0.2, 0) is 13.0 Å². The summed E-state index contributed by atoms with van der Waals surface area (Å²) >= 11 is 5.79. The minimum absolute atomic E-state index is 0.339. The SMILES string of the molecule is N#CCc1ccc(NCc2cc(F)cc(Cl)c2)cc1. The number of hydrogen-bond donors (Lipinski definition) is 1. The van der Waals surface area contributed by atoms with Crippen molar-refractivity contribution < 1.29 is 4.39 Å². The van der Waals surface area contributed by atoms with Crippen LogP contribution < -0.4 is 5.32 Å². The molecule has 2 aromatic rings. The fraction of sp³-hybridized carbons (Fsp3) is 0.133. The van der Waals surface area contributed by atoms with E-state index in [9.17, 15) is 4.39 Å². The predicted molar refractivity (Wildman–Crippen MR) is 74.5 cm³/mol. The van der Waals surface area contributed by atoms with E-state index in [0.29, 0.717) is 18.0 Å². The van der Waals surface area contributed by atoms with Crippen molar-refractivity contribution in [1.82, 2.24) is 0 Å². The lowest BCUT2D eigenvalue weighted by Gasteiger charge is -2.07. The van der Waals surface area contributed by atoms with E-state index >= 15 is 0 Å². The lowest BCUT2D eigenvalue weighted by Crippen LogP contribution is -2.00. The van der Waals surface area contributed by atoms with Gasteiger partial charge in [-0.05, 0) is 41.5 Å². The summed E-state index contributed by atoms with van der Waals surface area (Å²) in [7, 11) is 0. The van der Waals surface area contributed by atoms with Crippen molar-refractivity contribution in [3.63, 3.8) is 0 Å². The van der Waals surface area contributed by atoms with Crippen molar-refractivity contribution in [3.05, 3.63) is 64.4 Å². The van der Waals surface area contributed by atoms with Crippen molar-refractivity contribution in [1.29, 1.82) is 5.26 Å². The molecule has 0 aliphatic carbocycles. The third-order valence-electron chi connectivity index (χ3n) is 2.66. The summed E-state index contributed by atoms with van der Waals surface area (Å²) < 4.78 is 13.1. The number of nitrogens with one attached hydrogen (secondary N) is 1. The van der Waals surface area contributed by atoms with Crippen LogP contribution in [0, 0.1) is 17.1 Å². The van der Waals surface area contributed by atoms with E-state index in [4.69, 9.17) is 16.9 Å². The molecule has 19 heavy (non-hydrogen) atoms. The van der Waals surface area contributed by atoms with Gasteiger partial charge in [-0.15, -0.1) is 0 Å². The van der Waals surface area contributed by atoms with Gasteiger partial charge in [-0.25, -0.2) is 4.39 Å².